The molecule has 136 valence electrons. The first-order chi connectivity index (χ1) is 11.5. The Labute approximate surface area is 159 Å². The first-order valence-electron chi connectivity index (χ1n) is 8.55. The number of fused-ring (bicyclic) bond motifs is 1. The molecule has 3 aliphatic rings. The highest BCUT2D eigenvalue weighted by molar-refractivity contribution is 6.30. The fourth-order valence-corrected chi connectivity index (χ4v) is 4.71. The number of carbonyl (C=O) groups excluding carboxylic acids is 2. The summed E-state index contributed by atoms with van der Waals surface area (Å²) in [7, 11) is 1.78. The van der Waals surface area contributed by atoms with Crippen molar-refractivity contribution in [1.82, 2.24) is 15.1 Å². The van der Waals surface area contributed by atoms with Gasteiger partial charge in [0, 0.05) is 44.7 Å². The van der Waals surface area contributed by atoms with E-state index in [0.717, 1.165) is 31.7 Å². The van der Waals surface area contributed by atoms with Crippen LogP contribution in [0, 0.1) is 17.8 Å². The van der Waals surface area contributed by atoms with Crippen LogP contribution in [0.1, 0.15) is 18.0 Å². The molecule has 4 rings (SSSR count). The second kappa shape index (κ2) is 7.14. The normalized spacial score (nSPS) is 31.2. The monoisotopic (exact) mass is 383 g/mol. The van der Waals surface area contributed by atoms with Crippen molar-refractivity contribution in [2.24, 2.45) is 17.8 Å². The molecule has 1 aromatic carbocycles. The van der Waals surface area contributed by atoms with Gasteiger partial charge in [0.1, 0.15) is 0 Å². The van der Waals surface area contributed by atoms with Crippen molar-refractivity contribution >= 4 is 35.8 Å². The molecule has 1 N–H and O–H groups in total. The van der Waals surface area contributed by atoms with Crippen LogP contribution in [0.5, 0.6) is 0 Å². The van der Waals surface area contributed by atoms with Gasteiger partial charge < -0.3 is 15.1 Å². The van der Waals surface area contributed by atoms with Gasteiger partial charge in [0.25, 0.3) is 0 Å². The zero-order chi connectivity index (χ0) is 16.8. The minimum Gasteiger partial charge on any atom is -0.342 e. The Morgan fingerprint density at radius 3 is 2.56 bits per heavy atom. The molecule has 7 heteroatoms. The zero-order valence-electron chi connectivity index (χ0n) is 14.2. The summed E-state index contributed by atoms with van der Waals surface area (Å²) in [6.07, 6.45) is 0.288. The quantitative estimate of drug-likeness (QED) is 0.848. The first-order valence-corrected chi connectivity index (χ1v) is 8.93. The van der Waals surface area contributed by atoms with E-state index in [9.17, 15) is 9.59 Å². The van der Waals surface area contributed by atoms with E-state index in [-0.39, 0.29) is 42.6 Å². The van der Waals surface area contributed by atoms with Crippen LogP contribution in [0.25, 0.3) is 0 Å². The second-order valence-electron chi connectivity index (χ2n) is 7.24. The summed E-state index contributed by atoms with van der Waals surface area (Å²) in [6, 6.07) is 7.29. The largest absolute Gasteiger partial charge is 0.342 e. The maximum absolute atomic E-state index is 13.1. The molecule has 0 spiro atoms. The Morgan fingerprint density at radius 2 is 1.92 bits per heavy atom. The number of rotatable bonds is 2. The van der Waals surface area contributed by atoms with Crippen LogP contribution in [0.4, 0.5) is 0 Å². The molecular weight excluding hydrogens is 361 g/mol. The zero-order valence-corrected chi connectivity index (χ0v) is 15.7. The summed E-state index contributed by atoms with van der Waals surface area (Å²) in [5.74, 6) is 0.959. The summed E-state index contributed by atoms with van der Waals surface area (Å²) >= 11 is 6.12. The lowest BCUT2D eigenvalue weighted by Gasteiger charge is -2.28. The average Bonchev–Trinajstić information content (AvgIpc) is 3.21. The molecule has 0 saturated carbocycles. The number of amides is 2. The van der Waals surface area contributed by atoms with E-state index in [4.69, 9.17) is 11.6 Å². The van der Waals surface area contributed by atoms with E-state index in [0.29, 0.717) is 16.9 Å². The molecule has 3 fully saturated rings. The number of nitrogens with one attached hydrogen (secondary N) is 1. The van der Waals surface area contributed by atoms with Gasteiger partial charge in [-0.05, 0) is 29.5 Å². The Balaban J connectivity index is 0.00000182. The first kappa shape index (κ1) is 18.5. The van der Waals surface area contributed by atoms with Gasteiger partial charge in [-0.2, -0.15) is 0 Å². The van der Waals surface area contributed by atoms with E-state index in [1.165, 1.54) is 0 Å². The van der Waals surface area contributed by atoms with Crippen molar-refractivity contribution in [2.75, 3.05) is 33.2 Å². The van der Waals surface area contributed by atoms with Crippen molar-refractivity contribution in [3.05, 3.63) is 34.9 Å². The maximum Gasteiger partial charge on any atom is 0.228 e. The van der Waals surface area contributed by atoms with Crippen molar-refractivity contribution < 1.29 is 9.59 Å². The van der Waals surface area contributed by atoms with Gasteiger partial charge in [0.15, 0.2) is 0 Å². The molecule has 25 heavy (non-hydrogen) atoms. The van der Waals surface area contributed by atoms with E-state index >= 15 is 0 Å². The molecule has 3 heterocycles. The maximum atomic E-state index is 13.1. The van der Waals surface area contributed by atoms with Gasteiger partial charge in [-0.1, -0.05) is 23.7 Å². The molecular formula is C18H23Cl2N3O2. The molecule has 0 aromatic heterocycles. The van der Waals surface area contributed by atoms with Crippen LogP contribution in [0.15, 0.2) is 24.3 Å². The Hall–Kier alpha value is -1.30. The molecule has 0 radical (unpaired) electrons. The summed E-state index contributed by atoms with van der Waals surface area (Å²) < 4.78 is 0. The van der Waals surface area contributed by atoms with Crippen LogP contribution < -0.4 is 5.32 Å². The van der Waals surface area contributed by atoms with E-state index in [1.807, 2.05) is 29.2 Å². The number of likely N-dealkylation sites (tertiary alicyclic amines) is 2. The minimum absolute atomic E-state index is 0. The molecule has 0 aliphatic carbocycles. The fraction of sp³-hybridized carbons (Fsp3) is 0.556. The van der Waals surface area contributed by atoms with Gasteiger partial charge in [-0.3, -0.25) is 9.59 Å². The fourth-order valence-electron chi connectivity index (χ4n) is 4.51. The van der Waals surface area contributed by atoms with Crippen molar-refractivity contribution in [3.8, 4) is 0 Å². The molecule has 2 unspecified atom stereocenters. The number of halogens is 2. The van der Waals surface area contributed by atoms with Crippen molar-refractivity contribution in [1.29, 1.82) is 0 Å². The van der Waals surface area contributed by atoms with Crippen LogP contribution in [0.2, 0.25) is 5.02 Å². The number of carbonyl (C=O) groups is 2. The number of hydrogen-bond donors (Lipinski definition) is 1. The highest BCUT2D eigenvalue weighted by atomic mass is 35.5. The molecule has 2 amide bonds. The molecule has 4 atom stereocenters. The van der Waals surface area contributed by atoms with Gasteiger partial charge in [0.05, 0.1) is 12.0 Å². The average molecular weight is 384 g/mol. The van der Waals surface area contributed by atoms with Crippen molar-refractivity contribution in [3.63, 3.8) is 0 Å². The van der Waals surface area contributed by atoms with Gasteiger partial charge >= 0.3 is 0 Å². The summed E-state index contributed by atoms with van der Waals surface area (Å²) in [6.45, 7) is 3.62. The number of nitrogens with zero attached hydrogens (tertiary/aromatic N) is 2. The lowest BCUT2D eigenvalue weighted by atomic mass is 9.92. The van der Waals surface area contributed by atoms with Gasteiger partial charge in [-0.15, -0.1) is 12.4 Å². The van der Waals surface area contributed by atoms with Gasteiger partial charge in [0.2, 0.25) is 11.8 Å². The van der Waals surface area contributed by atoms with E-state index in [2.05, 4.69) is 5.32 Å². The summed E-state index contributed by atoms with van der Waals surface area (Å²) in [4.78, 5) is 29.1. The van der Waals surface area contributed by atoms with Crippen LogP contribution in [0.3, 0.4) is 0 Å². The minimum atomic E-state index is -0.312. The summed E-state index contributed by atoms with van der Waals surface area (Å²) in [5.41, 5.74) is 0.940. The van der Waals surface area contributed by atoms with Gasteiger partial charge in [-0.25, -0.2) is 0 Å². The molecule has 0 bridgehead atoms. The third kappa shape index (κ3) is 3.25. The van der Waals surface area contributed by atoms with Crippen LogP contribution >= 0.6 is 24.0 Å². The highest BCUT2D eigenvalue weighted by Crippen LogP contribution is 2.40. The lowest BCUT2D eigenvalue weighted by molar-refractivity contribution is -0.135. The standard InChI is InChI=1S/C18H22ClN3O2.ClH/c1-21-16(23)6-15(17(21)11-3-2-4-14(19)5-11)18(24)22-9-12-7-20-8-13(12)10-22;/h2-5,12-13,15,17,20H,6-10H2,1H3;1H/t12-,13+,15?,17?;. The van der Waals surface area contributed by atoms with Crippen molar-refractivity contribution in [2.45, 2.75) is 12.5 Å². The SMILES string of the molecule is CN1C(=O)CC(C(=O)N2C[C@H]3CNC[C@H]3C2)C1c1cccc(Cl)c1.Cl. The van der Waals surface area contributed by atoms with Crippen LogP contribution in [-0.2, 0) is 9.59 Å². The predicted octanol–water partition coefficient (Wildman–Crippen LogP) is 1.96. The molecule has 1 aromatic rings. The highest BCUT2D eigenvalue weighted by Gasteiger charge is 2.47. The lowest BCUT2D eigenvalue weighted by Crippen LogP contribution is -2.38. The smallest absolute Gasteiger partial charge is 0.228 e. The topological polar surface area (TPSA) is 52.7 Å². The number of benzene rings is 1. The van der Waals surface area contributed by atoms with E-state index < -0.39 is 0 Å². The number of hydrogen-bond acceptors (Lipinski definition) is 3. The third-order valence-electron chi connectivity index (χ3n) is 5.79. The Bertz CT molecular complexity index is 672. The molecule has 3 aliphatic heterocycles. The Morgan fingerprint density at radius 1 is 1.24 bits per heavy atom. The molecule has 3 saturated heterocycles. The molecule has 5 nitrogen and oxygen atoms in total. The van der Waals surface area contributed by atoms with E-state index in [1.54, 1.807) is 11.9 Å². The second-order valence-corrected chi connectivity index (χ2v) is 7.67. The predicted molar refractivity (Wildman–Crippen MR) is 98.7 cm³/mol. The summed E-state index contributed by atoms with van der Waals surface area (Å²) in [5, 5.41) is 4.03. The third-order valence-corrected chi connectivity index (χ3v) is 6.03. The van der Waals surface area contributed by atoms with Crippen LogP contribution in [-0.4, -0.2) is 54.8 Å². The Kier molecular flexibility index (Phi) is 5.28.